The highest BCUT2D eigenvalue weighted by molar-refractivity contribution is 6.01. The van der Waals surface area contributed by atoms with Gasteiger partial charge in [0.15, 0.2) is 0 Å². The van der Waals surface area contributed by atoms with Crippen LogP contribution in [0.4, 0.5) is 5.69 Å². The van der Waals surface area contributed by atoms with Gasteiger partial charge in [0.05, 0.1) is 11.4 Å². The van der Waals surface area contributed by atoms with Crippen LogP contribution in [0.15, 0.2) is 57.2 Å². The summed E-state index contributed by atoms with van der Waals surface area (Å²) in [5.74, 6) is -0.313. The van der Waals surface area contributed by atoms with Crippen molar-refractivity contribution in [3.63, 3.8) is 0 Å². The van der Waals surface area contributed by atoms with Gasteiger partial charge in [0, 0.05) is 11.4 Å². The number of hydrazone groups is 1. The van der Waals surface area contributed by atoms with Crippen LogP contribution in [0.3, 0.4) is 0 Å². The quantitative estimate of drug-likeness (QED) is 0.465. The number of aromatic nitrogens is 2. The van der Waals surface area contributed by atoms with Gasteiger partial charge in [0.25, 0.3) is 5.56 Å². The highest BCUT2D eigenvalue weighted by atomic mass is 16.3. The molecule has 1 aliphatic carbocycles. The minimum atomic E-state index is -0.638. The predicted molar refractivity (Wildman–Crippen MR) is 115 cm³/mol. The number of fused-ring (bicyclic) bond motifs is 1. The predicted octanol–water partition coefficient (Wildman–Crippen LogP) is 3.74. The number of hydrogen-bond acceptors (Lipinski definition) is 5. The van der Waals surface area contributed by atoms with Crippen molar-refractivity contribution in [2.45, 2.75) is 45.1 Å². The summed E-state index contributed by atoms with van der Waals surface area (Å²) < 4.78 is 1.31. The van der Waals surface area contributed by atoms with Crippen molar-refractivity contribution in [3.05, 3.63) is 68.9 Å². The number of aromatic hydroxyl groups is 1. The Balaban J connectivity index is 1.72. The molecule has 1 saturated carbocycles. The molecule has 3 aromatic rings. The normalized spacial score (nSPS) is 15.6. The fourth-order valence-corrected chi connectivity index (χ4v) is 4.07. The molecule has 1 aromatic heterocycles. The Morgan fingerprint density at radius 2 is 1.83 bits per heavy atom. The first-order valence-electron chi connectivity index (χ1n) is 9.92. The van der Waals surface area contributed by atoms with E-state index in [1.54, 1.807) is 6.92 Å². The van der Waals surface area contributed by atoms with E-state index in [2.05, 4.69) is 15.5 Å². The molecule has 7 heteroatoms. The van der Waals surface area contributed by atoms with Crippen molar-refractivity contribution >= 4 is 22.2 Å². The SMILES string of the molecule is C/C(=N/Nc1cccc2ccccc12)c1c(O)n(C2CCCCC2)c(=O)[nH]c1=O. The molecular formula is C22H24N4O3. The number of benzene rings is 2. The maximum atomic E-state index is 12.4. The van der Waals surface area contributed by atoms with Crippen molar-refractivity contribution in [2.24, 2.45) is 5.10 Å². The molecule has 150 valence electrons. The van der Waals surface area contributed by atoms with Crippen LogP contribution in [0.2, 0.25) is 0 Å². The summed E-state index contributed by atoms with van der Waals surface area (Å²) in [5, 5.41) is 17.2. The zero-order valence-corrected chi connectivity index (χ0v) is 16.3. The van der Waals surface area contributed by atoms with Crippen LogP contribution in [0.5, 0.6) is 5.88 Å². The van der Waals surface area contributed by atoms with Crippen molar-refractivity contribution < 1.29 is 5.11 Å². The topological polar surface area (TPSA) is 99.5 Å². The van der Waals surface area contributed by atoms with E-state index in [0.29, 0.717) is 5.71 Å². The van der Waals surface area contributed by atoms with Crippen LogP contribution >= 0.6 is 0 Å². The number of nitrogens with zero attached hydrogens (tertiary/aromatic N) is 2. The fourth-order valence-electron chi connectivity index (χ4n) is 4.07. The molecule has 3 N–H and O–H groups in total. The molecule has 1 aliphatic rings. The van der Waals surface area contributed by atoms with E-state index >= 15 is 0 Å². The lowest BCUT2D eigenvalue weighted by molar-refractivity contribution is 0.298. The molecule has 29 heavy (non-hydrogen) atoms. The molecule has 0 atom stereocenters. The van der Waals surface area contributed by atoms with E-state index in [1.165, 1.54) is 4.57 Å². The highest BCUT2D eigenvalue weighted by Gasteiger charge is 2.24. The first-order chi connectivity index (χ1) is 14.1. The van der Waals surface area contributed by atoms with Gasteiger partial charge >= 0.3 is 5.69 Å². The number of aromatic amines is 1. The van der Waals surface area contributed by atoms with Crippen LogP contribution in [0, 0.1) is 0 Å². The van der Waals surface area contributed by atoms with Gasteiger partial charge in [-0.2, -0.15) is 5.10 Å². The Hall–Kier alpha value is -3.35. The fraction of sp³-hybridized carbons (Fsp3) is 0.318. The van der Waals surface area contributed by atoms with E-state index in [-0.39, 0.29) is 17.5 Å². The second kappa shape index (κ2) is 7.95. The van der Waals surface area contributed by atoms with Gasteiger partial charge in [0.1, 0.15) is 5.56 Å². The monoisotopic (exact) mass is 392 g/mol. The van der Waals surface area contributed by atoms with Gasteiger partial charge in [-0.3, -0.25) is 19.8 Å². The molecule has 0 aliphatic heterocycles. The molecule has 1 heterocycles. The zero-order chi connectivity index (χ0) is 20.4. The lowest BCUT2D eigenvalue weighted by Gasteiger charge is -2.25. The van der Waals surface area contributed by atoms with E-state index < -0.39 is 11.2 Å². The van der Waals surface area contributed by atoms with E-state index in [4.69, 9.17) is 0 Å². The third kappa shape index (κ3) is 3.68. The second-order valence-corrected chi connectivity index (χ2v) is 7.46. The average molecular weight is 392 g/mol. The highest BCUT2D eigenvalue weighted by Crippen LogP contribution is 2.30. The van der Waals surface area contributed by atoms with Gasteiger partial charge in [-0.1, -0.05) is 55.7 Å². The Morgan fingerprint density at radius 3 is 2.62 bits per heavy atom. The Morgan fingerprint density at radius 1 is 1.10 bits per heavy atom. The van der Waals surface area contributed by atoms with E-state index in [9.17, 15) is 14.7 Å². The molecule has 2 aromatic carbocycles. The molecule has 0 spiro atoms. The molecule has 0 amide bonds. The number of anilines is 1. The van der Waals surface area contributed by atoms with Crippen molar-refractivity contribution in [1.29, 1.82) is 0 Å². The van der Waals surface area contributed by atoms with Crippen LogP contribution < -0.4 is 16.7 Å². The first kappa shape index (κ1) is 19.0. The summed E-state index contributed by atoms with van der Waals surface area (Å²) in [6, 6.07) is 13.6. The van der Waals surface area contributed by atoms with Gasteiger partial charge in [-0.05, 0) is 31.2 Å². The standard InChI is InChI=1S/C22H24N4O3/c1-14(24-25-18-13-7-9-15-8-5-6-12-17(15)18)19-20(27)23-22(29)26(21(19)28)16-10-3-2-4-11-16/h5-9,12-13,16,25,28H,2-4,10-11H2,1H3,(H,23,27,29)/b24-14-. The number of hydrogen-bond donors (Lipinski definition) is 3. The zero-order valence-electron chi connectivity index (χ0n) is 16.3. The second-order valence-electron chi connectivity index (χ2n) is 7.46. The van der Waals surface area contributed by atoms with E-state index in [0.717, 1.165) is 48.6 Å². The van der Waals surface area contributed by atoms with Crippen molar-refractivity contribution in [2.75, 3.05) is 5.43 Å². The van der Waals surface area contributed by atoms with Crippen LogP contribution in [-0.2, 0) is 0 Å². The van der Waals surface area contributed by atoms with Gasteiger partial charge < -0.3 is 5.11 Å². The number of rotatable bonds is 4. The summed E-state index contributed by atoms with van der Waals surface area (Å²) in [7, 11) is 0. The Labute approximate surface area is 167 Å². The Bertz CT molecular complexity index is 1180. The molecular weight excluding hydrogens is 368 g/mol. The molecule has 0 saturated heterocycles. The third-order valence-electron chi connectivity index (χ3n) is 5.55. The number of nitrogens with one attached hydrogen (secondary N) is 2. The minimum absolute atomic E-state index is 0.0166. The summed E-state index contributed by atoms with van der Waals surface area (Å²) in [6.07, 6.45) is 4.74. The molecule has 0 unspecified atom stereocenters. The minimum Gasteiger partial charge on any atom is -0.494 e. The smallest absolute Gasteiger partial charge is 0.331 e. The maximum absolute atomic E-state index is 12.4. The van der Waals surface area contributed by atoms with Crippen LogP contribution in [-0.4, -0.2) is 20.4 Å². The molecule has 1 fully saturated rings. The average Bonchev–Trinajstić information content (AvgIpc) is 2.72. The van der Waals surface area contributed by atoms with Gasteiger partial charge in [-0.25, -0.2) is 4.79 Å². The molecule has 7 nitrogen and oxygen atoms in total. The van der Waals surface area contributed by atoms with E-state index in [1.807, 2.05) is 42.5 Å². The Kier molecular flexibility index (Phi) is 5.20. The molecule has 0 radical (unpaired) electrons. The molecule has 4 rings (SSSR count). The third-order valence-corrected chi connectivity index (χ3v) is 5.55. The summed E-state index contributed by atoms with van der Waals surface area (Å²) >= 11 is 0. The van der Waals surface area contributed by atoms with Crippen molar-refractivity contribution in [3.8, 4) is 5.88 Å². The van der Waals surface area contributed by atoms with Crippen molar-refractivity contribution in [1.82, 2.24) is 9.55 Å². The first-order valence-corrected chi connectivity index (χ1v) is 9.92. The van der Waals surface area contributed by atoms with Gasteiger partial charge in [0.2, 0.25) is 5.88 Å². The summed E-state index contributed by atoms with van der Waals surface area (Å²) in [5.41, 5.74) is 2.89. The summed E-state index contributed by atoms with van der Waals surface area (Å²) in [6.45, 7) is 1.64. The van der Waals surface area contributed by atoms with Crippen LogP contribution in [0.25, 0.3) is 10.8 Å². The van der Waals surface area contributed by atoms with Gasteiger partial charge in [-0.15, -0.1) is 0 Å². The lowest BCUT2D eigenvalue weighted by atomic mass is 9.95. The van der Waals surface area contributed by atoms with Crippen LogP contribution in [0.1, 0.15) is 50.6 Å². The summed E-state index contributed by atoms with van der Waals surface area (Å²) in [4.78, 5) is 27.1. The lowest BCUT2D eigenvalue weighted by Crippen LogP contribution is -2.36. The molecule has 0 bridgehead atoms. The number of H-pyrrole nitrogens is 1. The maximum Gasteiger partial charge on any atom is 0.331 e. The largest absolute Gasteiger partial charge is 0.494 e.